The number of nitrogens with zero attached hydrogens (tertiary/aromatic N) is 1. The van der Waals surface area contributed by atoms with E-state index >= 15 is 0 Å². The molecule has 1 aliphatic heterocycles. The van der Waals surface area contributed by atoms with E-state index in [4.69, 9.17) is 4.74 Å². The zero-order chi connectivity index (χ0) is 13.3. The Labute approximate surface area is 114 Å². The number of carbonyl (C=O) groups is 1. The number of hydrogen-bond acceptors (Lipinski definition) is 4. The highest BCUT2D eigenvalue weighted by Crippen LogP contribution is 2.35. The molecule has 2 N–H and O–H groups in total. The third kappa shape index (κ3) is 2.93. The molecule has 0 aromatic carbocycles. The summed E-state index contributed by atoms with van der Waals surface area (Å²) in [6, 6.07) is 0.847. The highest BCUT2D eigenvalue weighted by Gasteiger charge is 2.47. The summed E-state index contributed by atoms with van der Waals surface area (Å²) in [6.45, 7) is 3.47. The Morgan fingerprint density at radius 2 is 2.00 bits per heavy atom. The van der Waals surface area contributed by atoms with Gasteiger partial charge in [-0.1, -0.05) is 0 Å². The lowest BCUT2D eigenvalue weighted by atomic mass is 9.78. The molecule has 3 aliphatic rings. The van der Waals surface area contributed by atoms with Crippen LogP contribution in [0.5, 0.6) is 0 Å². The molecule has 0 bridgehead atoms. The van der Waals surface area contributed by atoms with Gasteiger partial charge in [-0.15, -0.1) is 0 Å². The average Bonchev–Trinajstić information content (AvgIpc) is 3.24. The quantitative estimate of drug-likeness (QED) is 0.791. The minimum atomic E-state index is -0.678. The van der Waals surface area contributed by atoms with Gasteiger partial charge >= 0.3 is 5.97 Å². The molecule has 5 nitrogen and oxygen atoms in total. The van der Waals surface area contributed by atoms with E-state index in [2.05, 4.69) is 10.2 Å². The lowest BCUT2D eigenvalue weighted by molar-refractivity contribution is -0.148. The molecule has 1 saturated heterocycles. The second kappa shape index (κ2) is 5.38. The van der Waals surface area contributed by atoms with Crippen LogP contribution in [0.15, 0.2) is 0 Å². The number of aliphatic carboxylic acids is 1. The average molecular weight is 268 g/mol. The highest BCUT2D eigenvalue weighted by atomic mass is 16.5. The van der Waals surface area contributed by atoms with Crippen LogP contribution in [0.1, 0.15) is 38.5 Å². The van der Waals surface area contributed by atoms with Crippen molar-refractivity contribution in [3.63, 3.8) is 0 Å². The molecule has 0 amide bonds. The van der Waals surface area contributed by atoms with Crippen molar-refractivity contribution in [2.75, 3.05) is 26.3 Å². The number of hydrogen-bond donors (Lipinski definition) is 2. The van der Waals surface area contributed by atoms with E-state index < -0.39 is 11.5 Å². The Morgan fingerprint density at radius 3 is 2.63 bits per heavy atom. The number of rotatable bonds is 4. The lowest BCUT2D eigenvalue weighted by Gasteiger charge is -2.44. The molecule has 2 atom stereocenters. The SMILES string of the molecule is O=C(O)C1(NC2CC2)CCCC(N2CCOCC2)C1. The Morgan fingerprint density at radius 1 is 1.26 bits per heavy atom. The van der Waals surface area contributed by atoms with Crippen LogP contribution in [-0.4, -0.2) is 59.9 Å². The third-order valence-electron chi connectivity index (χ3n) is 4.75. The van der Waals surface area contributed by atoms with Gasteiger partial charge in [0.1, 0.15) is 5.54 Å². The van der Waals surface area contributed by atoms with Crippen LogP contribution in [0.25, 0.3) is 0 Å². The fourth-order valence-corrected chi connectivity index (χ4v) is 3.51. The van der Waals surface area contributed by atoms with Crippen molar-refractivity contribution in [2.24, 2.45) is 0 Å². The zero-order valence-electron chi connectivity index (χ0n) is 11.4. The molecule has 3 rings (SSSR count). The number of carboxylic acids is 1. The maximum Gasteiger partial charge on any atom is 0.323 e. The van der Waals surface area contributed by atoms with Crippen molar-refractivity contribution >= 4 is 5.97 Å². The Hall–Kier alpha value is -0.650. The summed E-state index contributed by atoms with van der Waals surface area (Å²) in [5, 5.41) is 13.1. The van der Waals surface area contributed by atoms with Crippen LogP contribution in [0.4, 0.5) is 0 Å². The summed E-state index contributed by atoms with van der Waals surface area (Å²) >= 11 is 0. The van der Waals surface area contributed by atoms with Crippen LogP contribution in [0.3, 0.4) is 0 Å². The summed E-state index contributed by atoms with van der Waals surface area (Å²) in [7, 11) is 0. The number of nitrogens with one attached hydrogen (secondary N) is 1. The van der Waals surface area contributed by atoms with E-state index in [0.717, 1.165) is 64.8 Å². The van der Waals surface area contributed by atoms with Crippen LogP contribution >= 0.6 is 0 Å². The molecule has 0 aromatic rings. The second-order valence-corrected chi connectivity index (χ2v) is 6.20. The molecule has 2 aliphatic carbocycles. The van der Waals surface area contributed by atoms with Gasteiger partial charge in [0.25, 0.3) is 0 Å². The molecule has 108 valence electrons. The van der Waals surface area contributed by atoms with Gasteiger partial charge in [-0.25, -0.2) is 0 Å². The fraction of sp³-hybridized carbons (Fsp3) is 0.929. The Balaban J connectivity index is 1.68. The molecular formula is C14H24N2O3. The van der Waals surface area contributed by atoms with E-state index in [1.165, 1.54) is 0 Å². The van der Waals surface area contributed by atoms with Gasteiger partial charge in [0.15, 0.2) is 0 Å². The molecule has 19 heavy (non-hydrogen) atoms. The predicted octanol–water partition coefficient (Wildman–Crippen LogP) is 0.837. The smallest absolute Gasteiger partial charge is 0.323 e. The van der Waals surface area contributed by atoms with E-state index in [1.807, 2.05) is 0 Å². The first-order chi connectivity index (χ1) is 9.20. The Bertz CT molecular complexity index is 340. The van der Waals surface area contributed by atoms with E-state index in [1.54, 1.807) is 0 Å². The molecular weight excluding hydrogens is 244 g/mol. The maximum atomic E-state index is 11.8. The molecule has 2 saturated carbocycles. The van der Waals surface area contributed by atoms with Crippen LogP contribution in [0.2, 0.25) is 0 Å². The van der Waals surface area contributed by atoms with Gasteiger partial charge in [0.2, 0.25) is 0 Å². The summed E-state index contributed by atoms with van der Waals surface area (Å²) in [6.07, 6.45) is 5.93. The van der Waals surface area contributed by atoms with Gasteiger partial charge in [-0.2, -0.15) is 0 Å². The maximum absolute atomic E-state index is 11.8. The second-order valence-electron chi connectivity index (χ2n) is 6.20. The third-order valence-corrected chi connectivity index (χ3v) is 4.75. The first kappa shape index (κ1) is 13.3. The summed E-state index contributed by atoms with van der Waals surface area (Å²) in [5.74, 6) is -0.655. The standard InChI is InChI=1S/C14H24N2O3/c17-13(18)14(15-11-3-4-11)5-1-2-12(10-14)16-6-8-19-9-7-16/h11-12,15H,1-10H2,(H,17,18). The van der Waals surface area contributed by atoms with E-state index in [9.17, 15) is 9.90 Å². The van der Waals surface area contributed by atoms with Crippen LogP contribution in [-0.2, 0) is 9.53 Å². The largest absolute Gasteiger partial charge is 0.480 e. The van der Waals surface area contributed by atoms with Crippen molar-refractivity contribution in [3.8, 4) is 0 Å². The number of carboxylic acid groups (broad SMARTS) is 1. The van der Waals surface area contributed by atoms with Crippen molar-refractivity contribution < 1.29 is 14.6 Å². The summed E-state index contributed by atoms with van der Waals surface area (Å²) in [4.78, 5) is 14.2. The first-order valence-corrected chi connectivity index (χ1v) is 7.52. The monoisotopic (exact) mass is 268 g/mol. The van der Waals surface area contributed by atoms with Crippen molar-refractivity contribution in [2.45, 2.75) is 56.1 Å². The topological polar surface area (TPSA) is 61.8 Å². The molecule has 3 fully saturated rings. The summed E-state index contributed by atoms with van der Waals surface area (Å²) < 4.78 is 5.39. The van der Waals surface area contributed by atoms with Crippen molar-refractivity contribution in [1.29, 1.82) is 0 Å². The highest BCUT2D eigenvalue weighted by molar-refractivity contribution is 5.79. The van der Waals surface area contributed by atoms with E-state index in [0.29, 0.717) is 12.1 Å². The van der Waals surface area contributed by atoms with Gasteiger partial charge in [0.05, 0.1) is 13.2 Å². The normalized spacial score (nSPS) is 37.2. The van der Waals surface area contributed by atoms with Crippen LogP contribution < -0.4 is 5.32 Å². The van der Waals surface area contributed by atoms with Crippen molar-refractivity contribution in [1.82, 2.24) is 10.2 Å². The fourth-order valence-electron chi connectivity index (χ4n) is 3.51. The van der Waals surface area contributed by atoms with Crippen LogP contribution in [0, 0.1) is 0 Å². The van der Waals surface area contributed by atoms with Crippen molar-refractivity contribution in [3.05, 3.63) is 0 Å². The molecule has 5 heteroatoms. The number of ether oxygens (including phenoxy) is 1. The van der Waals surface area contributed by atoms with Gasteiger partial charge < -0.3 is 9.84 Å². The lowest BCUT2D eigenvalue weighted by Crippen LogP contribution is -2.59. The predicted molar refractivity (Wildman–Crippen MR) is 71.2 cm³/mol. The van der Waals surface area contributed by atoms with Gasteiger partial charge in [-0.05, 0) is 38.5 Å². The first-order valence-electron chi connectivity index (χ1n) is 7.52. The number of morpholine rings is 1. The van der Waals surface area contributed by atoms with Gasteiger partial charge in [0, 0.05) is 25.2 Å². The molecule has 0 radical (unpaired) electrons. The zero-order valence-corrected chi connectivity index (χ0v) is 11.4. The Kier molecular flexibility index (Phi) is 3.78. The van der Waals surface area contributed by atoms with Gasteiger partial charge in [-0.3, -0.25) is 15.0 Å². The molecule has 1 heterocycles. The minimum Gasteiger partial charge on any atom is -0.480 e. The minimum absolute atomic E-state index is 0.403. The molecule has 2 unspecified atom stereocenters. The van der Waals surface area contributed by atoms with E-state index in [-0.39, 0.29) is 0 Å². The molecule has 0 spiro atoms. The summed E-state index contributed by atoms with van der Waals surface area (Å²) in [5.41, 5.74) is -0.678. The molecule has 0 aromatic heterocycles.